The van der Waals surface area contributed by atoms with E-state index in [1.54, 1.807) is 42.9 Å². The largest absolute Gasteiger partial charge is 0.423 e. The summed E-state index contributed by atoms with van der Waals surface area (Å²) in [4.78, 5) is 22.4. The number of ether oxygens (including phenoxy) is 1. The molecule has 26 heavy (non-hydrogen) atoms. The predicted octanol–water partition coefficient (Wildman–Crippen LogP) is 2.18. The molecule has 0 radical (unpaired) electrons. The summed E-state index contributed by atoms with van der Waals surface area (Å²) in [6, 6.07) is 8.51. The number of imidazole rings is 1. The summed E-state index contributed by atoms with van der Waals surface area (Å²) in [5, 5.41) is 0. The Labute approximate surface area is 149 Å². The maximum atomic E-state index is 12.3. The number of nitrogen functional groups attached to an aromatic ring is 1. The lowest BCUT2D eigenvalue weighted by Gasteiger charge is -2.20. The van der Waals surface area contributed by atoms with Crippen molar-refractivity contribution >= 4 is 24.7 Å². The first kappa shape index (κ1) is 17.0. The molecule has 3 N–H and O–H groups in total. The molecule has 2 heterocycles. The van der Waals surface area contributed by atoms with Crippen LogP contribution >= 0.6 is 7.60 Å². The van der Waals surface area contributed by atoms with Crippen LogP contribution in [0.15, 0.2) is 42.9 Å². The second-order valence-corrected chi connectivity index (χ2v) is 8.02. The smallest absolute Gasteiger partial charge is 0.402 e. The Hall–Kier alpha value is -2.48. The summed E-state index contributed by atoms with van der Waals surface area (Å²) in [6.07, 6.45) is 4.37. The van der Waals surface area contributed by atoms with Crippen LogP contribution in [-0.4, -0.2) is 36.4 Å². The normalized spacial score (nSPS) is 17.7. The number of hydrogen-bond acceptors (Lipinski definition) is 7. The van der Waals surface area contributed by atoms with Gasteiger partial charge in [-0.2, -0.15) is 4.98 Å². The highest BCUT2D eigenvalue weighted by Crippen LogP contribution is 2.48. The Kier molecular flexibility index (Phi) is 4.14. The van der Waals surface area contributed by atoms with Crippen LogP contribution in [0.5, 0.6) is 5.75 Å². The van der Waals surface area contributed by atoms with E-state index in [4.69, 9.17) is 15.0 Å². The standard InChI is InChI=1S/C16H18N5O4P/c17-15-18-8-13-14(20-15)21(10-19-13)9-16(6-7-16)24-11-26(22,23)25-12-4-2-1-3-5-12/h1-5,8,10H,6-7,9,11H2,(H,22,23)(H2,17,18,20). The summed E-state index contributed by atoms with van der Waals surface area (Å²) < 4.78 is 25.0. The lowest BCUT2D eigenvalue weighted by Crippen LogP contribution is -2.23. The molecule has 0 spiro atoms. The van der Waals surface area contributed by atoms with E-state index < -0.39 is 13.2 Å². The minimum Gasteiger partial charge on any atom is -0.423 e. The number of aromatic nitrogens is 4. The van der Waals surface area contributed by atoms with Crippen LogP contribution in [0.1, 0.15) is 12.8 Å². The number of hydrogen-bond donors (Lipinski definition) is 2. The van der Waals surface area contributed by atoms with Gasteiger partial charge in [0, 0.05) is 0 Å². The molecule has 1 aliphatic carbocycles. The van der Waals surface area contributed by atoms with E-state index in [0.29, 0.717) is 23.5 Å². The van der Waals surface area contributed by atoms with Gasteiger partial charge in [-0.3, -0.25) is 0 Å². The maximum absolute atomic E-state index is 12.3. The second kappa shape index (κ2) is 6.35. The van der Waals surface area contributed by atoms with Gasteiger partial charge in [-0.25, -0.2) is 14.5 Å². The fourth-order valence-corrected chi connectivity index (χ4v) is 3.61. The van der Waals surface area contributed by atoms with Gasteiger partial charge in [0.15, 0.2) is 12.0 Å². The quantitative estimate of drug-likeness (QED) is 0.602. The second-order valence-electron chi connectivity index (χ2n) is 6.31. The van der Waals surface area contributed by atoms with Crippen LogP contribution in [0.25, 0.3) is 11.2 Å². The zero-order valence-corrected chi connectivity index (χ0v) is 14.7. The average Bonchev–Trinajstić information content (AvgIpc) is 3.28. The van der Waals surface area contributed by atoms with Gasteiger partial charge in [-0.05, 0) is 25.0 Å². The van der Waals surface area contributed by atoms with Crippen molar-refractivity contribution in [1.29, 1.82) is 0 Å². The van der Waals surface area contributed by atoms with Crippen molar-refractivity contribution in [3.63, 3.8) is 0 Å². The number of fused-ring (bicyclic) bond motifs is 1. The highest BCUT2D eigenvalue weighted by atomic mass is 31.2. The van der Waals surface area contributed by atoms with Crippen molar-refractivity contribution in [3.05, 3.63) is 42.9 Å². The summed E-state index contributed by atoms with van der Waals surface area (Å²) in [7, 11) is -3.91. The Morgan fingerprint density at radius 3 is 2.77 bits per heavy atom. The number of benzene rings is 1. The van der Waals surface area contributed by atoms with Gasteiger partial charge in [-0.1, -0.05) is 18.2 Å². The third-order valence-electron chi connectivity index (χ3n) is 4.17. The molecule has 136 valence electrons. The van der Waals surface area contributed by atoms with E-state index in [2.05, 4.69) is 15.0 Å². The van der Waals surface area contributed by atoms with Gasteiger partial charge < -0.3 is 24.5 Å². The van der Waals surface area contributed by atoms with E-state index in [9.17, 15) is 9.46 Å². The zero-order chi connectivity index (χ0) is 18.2. The third-order valence-corrected chi connectivity index (χ3v) is 5.12. The first-order valence-electron chi connectivity index (χ1n) is 8.09. The van der Waals surface area contributed by atoms with Crippen molar-refractivity contribution in [3.8, 4) is 5.75 Å². The Balaban J connectivity index is 1.43. The maximum Gasteiger partial charge on any atom is 0.402 e. The topological polar surface area (TPSA) is 125 Å². The lowest BCUT2D eigenvalue weighted by atomic mass is 10.3. The van der Waals surface area contributed by atoms with Crippen LogP contribution in [-0.2, 0) is 15.8 Å². The van der Waals surface area contributed by atoms with Crippen LogP contribution in [0.3, 0.4) is 0 Å². The average molecular weight is 375 g/mol. The third kappa shape index (κ3) is 3.70. The number of nitrogens with two attached hydrogens (primary N) is 1. The van der Waals surface area contributed by atoms with Gasteiger partial charge in [0.2, 0.25) is 5.95 Å². The van der Waals surface area contributed by atoms with Crippen LogP contribution in [0.2, 0.25) is 0 Å². The predicted molar refractivity (Wildman–Crippen MR) is 94.5 cm³/mol. The van der Waals surface area contributed by atoms with Gasteiger partial charge in [-0.15, -0.1) is 0 Å². The molecule has 1 aliphatic rings. The molecule has 0 aliphatic heterocycles. The molecule has 1 unspecified atom stereocenters. The molecular weight excluding hydrogens is 357 g/mol. The number of nitrogens with zero attached hydrogens (tertiary/aromatic N) is 4. The molecule has 1 atom stereocenters. The fourth-order valence-electron chi connectivity index (χ4n) is 2.67. The molecule has 10 heteroatoms. The highest BCUT2D eigenvalue weighted by molar-refractivity contribution is 7.53. The Bertz CT molecular complexity index is 973. The van der Waals surface area contributed by atoms with E-state index in [-0.39, 0.29) is 12.3 Å². The Morgan fingerprint density at radius 2 is 2.04 bits per heavy atom. The molecule has 0 bridgehead atoms. The minimum absolute atomic E-state index is 0.168. The van der Waals surface area contributed by atoms with Gasteiger partial charge in [0.05, 0.1) is 24.7 Å². The van der Waals surface area contributed by atoms with E-state index >= 15 is 0 Å². The summed E-state index contributed by atoms with van der Waals surface area (Å²) >= 11 is 0. The number of para-hydroxylation sites is 1. The number of rotatable bonds is 7. The summed E-state index contributed by atoms with van der Waals surface area (Å²) in [6.45, 7) is 0.464. The Morgan fingerprint density at radius 1 is 1.27 bits per heavy atom. The van der Waals surface area contributed by atoms with Crippen molar-refractivity contribution in [1.82, 2.24) is 19.5 Å². The molecule has 9 nitrogen and oxygen atoms in total. The fraction of sp³-hybridized carbons (Fsp3) is 0.312. The monoisotopic (exact) mass is 375 g/mol. The van der Waals surface area contributed by atoms with Crippen molar-refractivity contribution in [2.45, 2.75) is 25.0 Å². The molecule has 3 aromatic rings. The van der Waals surface area contributed by atoms with Crippen molar-refractivity contribution < 1.29 is 18.7 Å². The van der Waals surface area contributed by atoms with E-state index in [0.717, 1.165) is 12.8 Å². The van der Waals surface area contributed by atoms with Crippen LogP contribution in [0, 0.1) is 0 Å². The van der Waals surface area contributed by atoms with Gasteiger partial charge >= 0.3 is 7.60 Å². The molecule has 2 aromatic heterocycles. The first-order valence-corrected chi connectivity index (χ1v) is 9.85. The molecule has 1 saturated carbocycles. The van der Waals surface area contributed by atoms with E-state index in [1.165, 1.54) is 0 Å². The molecule has 1 aromatic carbocycles. The van der Waals surface area contributed by atoms with Crippen LogP contribution < -0.4 is 10.3 Å². The SMILES string of the molecule is Nc1ncc2ncn(CC3(OCP(=O)(O)Oc4ccccc4)CC3)c2n1. The van der Waals surface area contributed by atoms with Gasteiger partial charge in [0.1, 0.15) is 11.3 Å². The highest BCUT2D eigenvalue weighted by Gasteiger charge is 2.46. The molecule has 1 fully saturated rings. The molecule has 4 rings (SSSR count). The summed E-state index contributed by atoms with van der Waals surface area (Å²) in [5.41, 5.74) is 6.36. The lowest BCUT2D eigenvalue weighted by molar-refractivity contribution is 0.0424. The van der Waals surface area contributed by atoms with Crippen molar-refractivity contribution in [2.75, 3.05) is 12.1 Å². The van der Waals surface area contributed by atoms with Gasteiger partial charge in [0.25, 0.3) is 0 Å². The first-order chi connectivity index (χ1) is 12.4. The van der Waals surface area contributed by atoms with E-state index in [1.807, 2.05) is 4.57 Å². The zero-order valence-electron chi connectivity index (χ0n) is 13.9. The van der Waals surface area contributed by atoms with Crippen LogP contribution in [0.4, 0.5) is 5.95 Å². The molecule has 0 amide bonds. The molecule has 0 saturated heterocycles. The minimum atomic E-state index is -3.91. The van der Waals surface area contributed by atoms with Crippen molar-refractivity contribution in [2.24, 2.45) is 0 Å². The number of anilines is 1. The summed E-state index contributed by atoms with van der Waals surface area (Å²) in [5.74, 6) is 0.501. The molecular formula is C16H18N5O4P.